The first kappa shape index (κ1) is 14.5. The van der Waals surface area contributed by atoms with Crippen molar-refractivity contribution in [2.45, 2.75) is 0 Å². The maximum absolute atomic E-state index is 11.8. The molecular weight excluding hydrogens is 340 g/mol. The lowest BCUT2D eigenvalue weighted by molar-refractivity contribution is -0.111. The third-order valence-corrected chi connectivity index (χ3v) is 4.03. The monoisotopic (exact) mass is 350 g/mol. The number of nitrogens with one attached hydrogen (secondary N) is 1. The minimum absolute atomic E-state index is 0.285. The number of para-hydroxylation sites is 1. The molecule has 0 aliphatic heterocycles. The van der Waals surface area contributed by atoms with Gasteiger partial charge in [-0.25, -0.2) is 0 Å². The number of nitrogens with two attached hydrogens (primary N) is 1. The molecule has 0 fully saturated rings. The molecule has 1 heterocycles. The molecule has 3 N–H and O–H groups in total. The first-order valence-corrected chi connectivity index (χ1v) is 7.30. The van der Waals surface area contributed by atoms with Gasteiger partial charge in [0.15, 0.2) is 0 Å². The number of benzene rings is 1. The summed E-state index contributed by atoms with van der Waals surface area (Å²) in [6, 6.07) is 10.4. The van der Waals surface area contributed by atoms with E-state index in [-0.39, 0.29) is 11.5 Å². The Morgan fingerprint density at radius 1 is 1.20 bits per heavy atom. The van der Waals surface area contributed by atoms with E-state index in [1.54, 1.807) is 30.3 Å². The summed E-state index contributed by atoms with van der Waals surface area (Å²) in [6.07, 6.45) is 3.12. The fraction of sp³-hybridized carbons (Fsp3) is 0. The predicted octanol–water partition coefficient (Wildman–Crippen LogP) is 3.26. The maximum Gasteiger partial charge on any atom is 0.250 e. The summed E-state index contributed by atoms with van der Waals surface area (Å²) in [7, 11) is 0. The highest BCUT2D eigenvalue weighted by atomic mass is 79.9. The molecule has 0 bridgehead atoms. The van der Waals surface area contributed by atoms with Crippen LogP contribution in [0.2, 0.25) is 0 Å². The summed E-state index contributed by atoms with van der Waals surface area (Å²) < 4.78 is 0.997. The molecule has 0 saturated heterocycles. The number of primary amides is 1. The van der Waals surface area contributed by atoms with Crippen molar-refractivity contribution in [3.05, 3.63) is 56.7 Å². The molecule has 0 atom stereocenters. The Balaban J connectivity index is 2.09. The molecule has 0 spiro atoms. The normalized spacial score (nSPS) is 10.7. The summed E-state index contributed by atoms with van der Waals surface area (Å²) >= 11 is 4.87. The Labute approximate surface area is 128 Å². The summed E-state index contributed by atoms with van der Waals surface area (Å²) in [5, 5.41) is 2.64. The first-order chi connectivity index (χ1) is 9.56. The van der Waals surface area contributed by atoms with Crippen LogP contribution in [0.5, 0.6) is 0 Å². The molecule has 0 radical (unpaired) electrons. The topological polar surface area (TPSA) is 72.2 Å². The molecule has 20 heavy (non-hydrogen) atoms. The van der Waals surface area contributed by atoms with Crippen molar-refractivity contribution in [2.24, 2.45) is 5.73 Å². The number of carbonyl (C=O) groups excluding carboxylic acids is 2. The highest BCUT2D eigenvalue weighted by Crippen LogP contribution is 2.23. The fourth-order valence-electron chi connectivity index (χ4n) is 1.56. The van der Waals surface area contributed by atoms with Crippen LogP contribution < -0.4 is 11.1 Å². The van der Waals surface area contributed by atoms with Gasteiger partial charge in [0.1, 0.15) is 0 Å². The Morgan fingerprint density at radius 2 is 1.95 bits per heavy atom. The zero-order chi connectivity index (χ0) is 14.5. The van der Waals surface area contributed by atoms with E-state index in [1.165, 1.54) is 17.4 Å². The van der Waals surface area contributed by atoms with Crippen LogP contribution in [-0.2, 0) is 4.79 Å². The summed E-state index contributed by atoms with van der Waals surface area (Å²) in [4.78, 5) is 24.0. The Bertz CT molecular complexity index is 679. The van der Waals surface area contributed by atoms with Crippen LogP contribution in [0.3, 0.4) is 0 Å². The van der Waals surface area contributed by atoms with Crippen molar-refractivity contribution in [3.8, 4) is 0 Å². The molecule has 4 nitrogen and oxygen atoms in total. The molecule has 0 aliphatic rings. The highest BCUT2D eigenvalue weighted by Gasteiger charge is 2.08. The molecule has 102 valence electrons. The SMILES string of the molecule is NC(=O)c1ccccc1NC(=O)C=Cc1ccc(Br)s1. The lowest BCUT2D eigenvalue weighted by Gasteiger charge is -2.06. The number of rotatable bonds is 4. The number of hydrogen-bond donors (Lipinski definition) is 2. The van der Waals surface area contributed by atoms with Crippen molar-refractivity contribution in [1.29, 1.82) is 0 Å². The first-order valence-electron chi connectivity index (χ1n) is 5.69. The predicted molar refractivity (Wildman–Crippen MR) is 84.6 cm³/mol. The van der Waals surface area contributed by atoms with E-state index >= 15 is 0 Å². The van der Waals surface area contributed by atoms with Gasteiger partial charge < -0.3 is 11.1 Å². The summed E-state index contributed by atoms with van der Waals surface area (Å²) in [6.45, 7) is 0. The van der Waals surface area contributed by atoms with Crippen molar-refractivity contribution in [1.82, 2.24) is 0 Å². The van der Waals surface area contributed by atoms with Crippen LogP contribution in [0.1, 0.15) is 15.2 Å². The van der Waals surface area contributed by atoms with Gasteiger partial charge in [-0.15, -0.1) is 11.3 Å². The molecule has 2 amide bonds. The number of amides is 2. The van der Waals surface area contributed by atoms with E-state index in [2.05, 4.69) is 21.2 Å². The van der Waals surface area contributed by atoms with E-state index in [4.69, 9.17) is 5.73 Å². The molecule has 1 aromatic heterocycles. The molecule has 6 heteroatoms. The molecule has 0 saturated carbocycles. The quantitative estimate of drug-likeness (QED) is 0.830. The number of thiophene rings is 1. The second-order valence-electron chi connectivity index (χ2n) is 3.87. The van der Waals surface area contributed by atoms with E-state index in [1.807, 2.05) is 12.1 Å². The average molecular weight is 351 g/mol. The Hall–Kier alpha value is -1.92. The molecule has 0 unspecified atom stereocenters. The van der Waals surface area contributed by atoms with Crippen LogP contribution in [-0.4, -0.2) is 11.8 Å². The molecule has 0 aliphatic carbocycles. The van der Waals surface area contributed by atoms with Gasteiger partial charge in [-0.05, 0) is 46.3 Å². The maximum atomic E-state index is 11.8. The Kier molecular flexibility index (Phi) is 4.70. The zero-order valence-electron chi connectivity index (χ0n) is 10.3. The average Bonchev–Trinajstić information content (AvgIpc) is 2.83. The van der Waals surface area contributed by atoms with Gasteiger partial charge >= 0.3 is 0 Å². The second kappa shape index (κ2) is 6.49. The van der Waals surface area contributed by atoms with Gasteiger partial charge in [0.05, 0.1) is 15.0 Å². The van der Waals surface area contributed by atoms with Gasteiger partial charge in [0.2, 0.25) is 5.91 Å². The van der Waals surface area contributed by atoms with E-state index < -0.39 is 5.91 Å². The van der Waals surface area contributed by atoms with Crippen LogP contribution in [0.25, 0.3) is 6.08 Å². The lowest BCUT2D eigenvalue weighted by Crippen LogP contribution is -2.16. The van der Waals surface area contributed by atoms with Crippen molar-refractivity contribution < 1.29 is 9.59 Å². The van der Waals surface area contributed by atoms with Crippen LogP contribution in [0, 0.1) is 0 Å². The van der Waals surface area contributed by atoms with E-state index in [0.29, 0.717) is 5.69 Å². The van der Waals surface area contributed by atoms with E-state index in [9.17, 15) is 9.59 Å². The zero-order valence-corrected chi connectivity index (χ0v) is 12.7. The number of halogens is 1. The van der Waals surface area contributed by atoms with Crippen LogP contribution in [0.4, 0.5) is 5.69 Å². The van der Waals surface area contributed by atoms with Crippen molar-refractivity contribution in [3.63, 3.8) is 0 Å². The van der Waals surface area contributed by atoms with Gasteiger partial charge in [-0.1, -0.05) is 12.1 Å². The lowest BCUT2D eigenvalue weighted by atomic mass is 10.1. The van der Waals surface area contributed by atoms with E-state index in [0.717, 1.165) is 8.66 Å². The van der Waals surface area contributed by atoms with Crippen molar-refractivity contribution in [2.75, 3.05) is 5.32 Å². The largest absolute Gasteiger partial charge is 0.366 e. The van der Waals surface area contributed by atoms with Gasteiger partial charge in [-0.3, -0.25) is 9.59 Å². The van der Waals surface area contributed by atoms with Gasteiger partial charge in [0, 0.05) is 11.0 Å². The third-order valence-electron chi connectivity index (χ3n) is 2.44. The van der Waals surface area contributed by atoms with Crippen molar-refractivity contribution >= 4 is 50.8 Å². The molecular formula is C14H11BrN2O2S. The second-order valence-corrected chi connectivity index (χ2v) is 6.37. The molecule has 2 rings (SSSR count). The fourth-order valence-corrected chi connectivity index (χ4v) is 2.88. The van der Waals surface area contributed by atoms with Crippen LogP contribution in [0.15, 0.2) is 46.3 Å². The minimum Gasteiger partial charge on any atom is -0.366 e. The number of anilines is 1. The number of carbonyl (C=O) groups is 2. The van der Waals surface area contributed by atoms with Crippen LogP contribution >= 0.6 is 27.3 Å². The summed E-state index contributed by atoms with van der Waals surface area (Å²) in [5.41, 5.74) is 5.94. The molecule has 1 aromatic carbocycles. The van der Waals surface area contributed by atoms with Gasteiger partial charge in [0.25, 0.3) is 5.91 Å². The standard InChI is InChI=1S/C14H11BrN2O2S/c15-12-7-5-9(20-12)6-8-13(18)17-11-4-2-1-3-10(11)14(16)19/h1-8H,(H2,16,19)(H,17,18). The van der Waals surface area contributed by atoms with Gasteiger partial charge in [-0.2, -0.15) is 0 Å². The third kappa shape index (κ3) is 3.79. The minimum atomic E-state index is -0.577. The smallest absolute Gasteiger partial charge is 0.250 e. The molecule has 2 aromatic rings. The summed E-state index contributed by atoms with van der Waals surface area (Å²) in [5.74, 6) is -0.893. The Morgan fingerprint density at radius 3 is 2.60 bits per heavy atom. The highest BCUT2D eigenvalue weighted by molar-refractivity contribution is 9.11. The number of hydrogen-bond acceptors (Lipinski definition) is 3.